The lowest BCUT2D eigenvalue weighted by Gasteiger charge is -2.09. The Morgan fingerprint density at radius 2 is 1.96 bits per heavy atom. The molecule has 0 bridgehead atoms. The second-order valence-electron chi connectivity index (χ2n) is 5.34. The van der Waals surface area contributed by atoms with E-state index in [4.69, 9.17) is 4.74 Å². The van der Waals surface area contributed by atoms with Crippen LogP contribution in [0.5, 0.6) is 5.75 Å². The van der Waals surface area contributed by atoms with E-state index in [2.05, 4.69) is 6.92 Å². The maximum atomic E-state index is 12.0. The molecule has 122 valence electrons. The van der Waals surface area contributed by atoms with Gasteiger partial charge in [-0.05, 0) is 37.5 Å². The van der Waals surface area contributed by atoms with E-state index in [1.807, 2.05) is 24.3 Å². The highest BCUT2D eigenvalue weighted by Gasteiger charge is 2.11. The Bertz CT molecular complexity index is 735. The Balaban J connectivity index is 1.93. The number of aromatic nitrogens is 1. The zero-order chi connectivity index (χ0) is 16.8. The highest BCUT2D eigenvalue weighted by Crippen LogP contribution is 2.13. The second-order valence-corrected chi connectivity index (χ2v) is 5.34. The van der Waals surface area contributed by atoms with Gasteiger partial charge in [0.15, 0.2) is 0 Å². The maximum Gasteiger partial charge on any atom is 0.286 e. The van der Waals surface area contributed by atoms with Gasteiger partial charge in [0.05, 0.1) is 17.7 Å². The Hall–Kier alpha value is -2.63. The first kappa shape index (κ1) is 16.7. The second kappa shape index (κ2) is 7.58. The molecule has 0 aliphatic heterocycles. The minimum absolute atomic E-state index is 0.0711. The number of aryl methyl sites for hydroxylation is 3. The van der Waals surface area contributed by atoms with Gasteiger partial charge in [0.1, 0.15) is 5.75 Å². The van der Waals surface area contributed by atoms with Crippen LogP contribution < -0.4 is 10.3 Å². The van der Waals surface area contributed by atoms with E-state index < -0.39 is 4.92 Å². The molecule has 0 amide bonds. The third-order valence-corrected chi connectivity index (χ3v) is 3.61. The molecule has 1 heterocycles. The van der Waals surface area contributed by atoms with E-state index in [1.165, 1.54) is 22.4 Å². The molecule has 0 fully saturated rings. The van der Waals surface area contributed by atoms with Crippen LogP contribution in [0.4, 0.5) is 5.69 Å². The van der Waals surface area contributed by atoms with E-state index in [1.54, 1.807) is 6.92 Å². The summed E-state index contributed by atoms with van der Waals surface area (Å²) in [7, 11) is 0. The van der Waals surface area contributed by atoms with Gasteiger partial charge in [-0.1, -0.05) is 19.1 Å². The largest absolute Gasteiger partial charge is 0.494 e. The number of rotatable bonds is 7. The van der Waals surface area contributed by atoms with E-state index in [0.717, 1.165) is 12.2 Å². The van der Waals surface area contributed by atoms with Gasteiger partial charge >= 0.3 is 0 Å². The Morgan fingerprint density at radius 3 is 2.57 bits per heavy atom. The number of nitrogens with zero attached hydrogens (tertiary/aromatic N) is 2. The van der Waals surface area contributed by atoms with Crippen molar-refractivity contribution in [3.63, 3.8) is 0 Å². The van der Waals surface area contributed by atoms with Crippen LogP contribution >= 0.6 is 0 Å². The van der Waals surface area contributed by atoms with Crippen molar-refractivity contribution in [1.82, 2.24) is 4.57 Å². The average molecular weight is 316 g/mol. The summed E-state index contributed by atoms with van der Waals surface area (Å²) in [5.41, 5.74) is 1.34. The SMILES string of the molecule is CCc1ccc(OCCCn2cc([N+](=O)[O-])cc(C)c2=O)cc1. The fourth-order valence-electron chi connectivity index (χ4n) is 2.28. The molecule has 0 atom stereocenters. The Morgan fingerprint density at radius 1 is 1.26 bits per heavy atom. The monoisotopic (exact) mass is 316 g/mol. The van der Waals surface area contributed by atoms with Gasteiger partial charge < -0.3 is 9.30 Å². The minimum atomic E-state index is -0.491. The highest BCUT2D eigenvalue weighted by molar-refractivity contribution is 5.30. The van der Waals surface area contributed by atoms with Gasteiger partial charge in [-0.25, -0.2) is 0 Å². The Kier molecular flexibility index (Phi) is 5.51. The molecule has 0 spiro atoms. The number of benzene rings is 1. The molecule has 0 aliphatic rings. The molecule has 0 unspecified atom stereocenters. The van der Waals surface area contributed by atoms with Gasteiger partial charge in [-0.2, -0.15) is 0 Å². The fraction of sp³-hybridized carbons (Fsp3) is 0.353. The van der Waals surface area contributed by atoms with Crippen molar-refractivity contribution < 1.29 is 9.66 Å². The number of hydrogen-bond donors (Lipinski definition) is 0. The third kappa shape index (κ3) is 4.42. The van der Waals surface area contributed by atoms with Gasteiger partial charge in [0.2, 0.25) is 0 Å². The summed E-state index contributed by atoms with van der Waals surface area (Å²) in [6.45, 7) is 4.50. The first-order valence-corrected chi connectivity index (χ1v) is 7.58. The molecule has 2 rings (SSSR count). The van der Waals surface area contributed by atoms with E-state index in [-0.39, 0.29) is 11.2 Å². The van der Waals surface area contributed by atoms with Gasteiger partial charge in [0.25, 0.3) is 11.2 Å². The van der Waals surface area contributed by atoms with Crippen molar-refractivity contribution in [2.45, 2.75) is 33.2 Å². The van der Waals surface area contributed by atoms with Crippen molar-refractivity contribution in [2.24, 2.45) is 0 Å². The predicted molar refractivity (Wildman–Crippen MR) is 88.0 cm³/mol. The minimum Gasteiger partial charge on any atom is -0.494 e. The van der Waals surface area contributed by atoms with Crippen molar-refractivity contribution in [3.05, 3.63) is 68.1 Å². The van der Waals surface area contributed by atoms with E-state index in [0.29, 0.717) is 25.1 Å². The van der Waals surface area contributed by atoms with Crippen molar-refractivity contribution >= 4 is 5.69 Å². The quantitative estimate of drug-likeness (QED) is 0.447. The molecule has 1 aromatic carbocycles. The molecular weight excluding hydrogens is 296 g/mol. The lowest BCUT2D eigenvalue weighted by atomic mass is 10.2. The van der Waals surface area contributed by atoms with Crippen molar-refractivity contribution in [2.75, 3.05) is 6.61 Å². The van der Waals surface area contributed by atoms with E-state index >= 15 is 0 Å². The van der Waals surface area contributed by atoms with Crippen molar-refractivity contribution in [1.29, 1.82) is 0 Å². The fourth-order valence-corrected chi connectivity index (χ4v) is 2.28. The van der Waals surface area contributed by atoms with Gasteiger partial charge in [-0.15, -0.1) is 0 Å². The zero-order valence-corrected chi connectivity index (χ0v) is 13.3. The molecule has 2 aromatic rings. The van der Waals surface area contributed by atoms with E-state index in [9.17, 15) is 14.9 Å². The summed E-state index contributed by atoms with van der Waals surface area (Å²) in [6, 6.07) is 9.17. The van der Waals surface area contributed by atoms with Crippen LogP contribution in [0.3, 0.4) is 0 Å². The lowest BCUT2D eigenvalue weighted by Crippen LogP contribution is -2.23. The van der Waals surface area contributed by atoms with Crippen molar-refractivity contribution in [3.8, 4) is 5.75 Å². The predicted octanol–water partition coefficient (Wildman–Crippen LogP) is 3.10. The number of ether oxygens (including phenoxy) is 1. The first-order chi connectivity index (χ1) is 11.0. The zero-order valence-electron chi connectivity index (χ0n) is 13.3. The van der Waals surface area contributed by atoms with Crippen LogP contribution in [0.2, 0.25) is 0 Å². The van der Waals surface area contributed by atoms with Crippen LogP contribution in [0, 0.1) is 17.0 Å². The molecule has 0 radical (unpaired) electrons. The summed E-state index contributed by atoms with van der Waals surface area (Å²) in [6.07, 6.45) is 2.86. The summed E-state index contributed by atoms with van der Waals surface area (Å²) >= 11 is 0. The van der Waals surface area contributed by atoms with Crippen LogP contribution in [0.1, 0.15) is 24.5 Å². The summed E-state index contributed by atoms with van der Waals surface area (Å²) < 4.78 is 7.00. The molecule has 0 N–H and O–H groups in total. The summed E-state index contributed by atoms with van der Waals surface area (Å²) in [5.74, 6) is 0.782. The molecule has 23 heavy (non-hydrogen) atoms. The topological polar surface area (TPSA) is 74.4 Å². The third-order valence-electron chi connectivity index (χ3n) is 3.61. The number of nitro groups is 1. The first-order valence-electron chi connectivity index (χ1n) is 7.58. The van der Waals surface area contributed by atoms with Crippen LogP contribution in [0.15, 0.2) is 41.3 Å². The number of pyridine rings is 1. The van der Waals surface area contributed by atoms with Gasteiger partial charge in [-0.3, -0.25) is 14.9 Å². The Labute approximate surface area is 134 Å². The maximum absolute atomic E-state index is 12.0. The molecule has 6 heteroatoms. The van der Waals surface area contributed by atoms with Crippen LogP contribution in [-0.2, 0) is 13.0 Å². The van der Waals surface area contributed by atoms with Gasteiger partial charge in [0, 0.05) is 18.2 Å². The molecule has 1 aromatic heterocycles. The molecule has 0 aliphatic carbocycles. The summed E-state index contributed by atoms with van der Waals surface area (Å²) in [5, 5.41) is 10.8. The normalized spacial score (nSPS) is 10.5. The number of hydrogen-bond acceptors (Lipinski definition) is 4. The molecule has 0 saturated carbocycles. The molecule has 6 nitrogen and oxygen atoms in total. The standard InChI is InChI=1S/C17H20N2O4/c1-3-14-5-7-16(8-6-14)23-10-4-9-18-12-15(19(21)22)11-13(2)17(18)20/h5-8,11-12H,3-4,9-10H2,1-2H3. The smallest absolute Gasteiger partial charge is 0.286 e. The highest BCUT2D eigenvalue weighted by atomic mass is 16.6. The molecule has 0 saturated heterocycles. The lowest BCUT2D eigenvalue weighted by molar-refractivity contribution is -0.385. The average Bonchev–Trinajstić information content (AvgIpc) is 2.55. The molecular formula is C17H20N2O4. The van der Waals surface area contributed by atoms with Crippen LogP contribution in [0.25, 0.3) is 0 Å². The van der Waals surface area contributed by atoms with Crippen LogP contribution in [-0.4, -0.2) is 16.1 Å². The summed E-state index contributed by atoms with van der Waals surface area (Å²) in [4.78, 5) is 22.3.